The second-order valence-electron chi connectivity index (χ2n) is 6.06. The first-order valence-electron chi connectivity index (χ1n) is 8.85. The van der Waals surface area contributed by atoms with Gasteiger partial charge in [-0.3, -0.25) is 14.2 Å². The molecular formula is C20H21N5O2S. The predicted octanol–water partition coefficient (Wildman–Crippen LogP) is 3.52. The second kappa shape index (κ2) is 9.18. The van der Waals surface area contributed by atoms with Crippen molar-refractivity contribution in [2.24, 2.45) is 0 Å². The lowest BCUT2D eigenvalue weighted by molar-refractivity contribution is -0.114. The maximum absolute atomic E-state index is 12.3. The Bertz CT molecular complexity index is 986. The van der Waals surface area contributed by atoms with Crippen molar-refractivity contribution in [1.29, 1.82) is 0 Å². The highest BCUT2D eigenvalue weighted by molar-refractivity contribution is 7.99. The van der Waals surface area contributed by atoms with Crippen LogP contribution >= 0.6 is 11.8 Å². The quantitative estimate of drug-likeness (QED) is 0.598. The first kappa shape index (κ1) is 19.6. The van der Waals surface area contributed by atoms with Gasteiger partial charge in [0.25, 0.3) is 0 Å². The standard InChI is InChI=1S/C20H21N5O2S/c1-3-15-7-4-5-10-18(15)25-13-21-24-20(25)28-12-19(27)23-17-9-6-8-16(11-17)22-14(2)26/h4-11,13H,3,12H2,1-2H3,(H,22,26)(H,23,27). The maximum Gasteiger partial charge on any atom is 0.234 e. The summed E-state index contributed by atoms with van der Waals surface area (Å²) in [6, 6.07) is 15.1. The Hall–Kier alpha value is -3.13. The van der Waals surface area contributed by atoms with Crippen LogP contribution in [-0.4, -0.2) is 32.3 Å². The van der Waals surface area contributed by atoms with Crippen LogP contribution in [0.25, 0.3) is 5.69 Å². The third-order valence-electron chi connectivity index (χ3n) is 3.95. The number of rotatable bonds is 7. The zero-order valence-corrected chi connectivity index (χ0v) is 16.5. The minimum Gasteiger partial charge on any atom is -0.326 e. The second-order valence-corrected chi connectivity index (χ2v) is 7.01. The smallest absolute Gasteiger partial charge is 0.234 e. The van der Waals surface area contributed by atoms with E-state index in [1.54, 1.807) is 30.6 Å². The van der Waals surface area contributed by atoms with Gasteiger partial charge in [0.15, 0.2) is 5.16 Å². The monoisotopic (exact) mass is 395 g/mol. The van der Waals surface area contributed by atoms with Gasteiger partial charge in [-0.25, -0.2) is 0 Å². The van der Waals surface area contributed by atoms with E-state index in [0.717, 1.165) is 12.1 Å². The molecule has 0 spiro atoms. The average Bonchev–Trinajstić information content (AvgIpc) is 3.14. The van der Waals surface area contributed by atoms with Gasteiger partial charge in [-0.15, -0.1) is 10.2 Å². The van der Waals surface area contributed by atoms with Crippen LogP contribution in [0.2, 0.25) is 0 Å². The third kappa shape index (κ3) is 4.98. The number of aromatic nitrogens is 3. The Morgan fingerprint density at radius 1 is 1.07 bits per heavy atom. The Morgan fingerprint density at radius 3 is 2.57 bits per heavy atom. The highest BCUT2D eigenvalue weighted by Gasteiger charge is 2.12. The van der Waals surface area contributed by atoms with E-state index in [1.807, 2.05) is 22.8 Å². The molecule has 0 aliphatic rings. The van der Waals surface area contributed by atoms with Crippen LogP contribution in [0.1, 0.15) is 19.4 Å². The molecule has 28 heavy (non-hydrogen) atoms. The molecular weight excluding hydrogens is 374 g/mol. The van der Waals surface area contributed by atoms with Gasteiger partial charge in [-0.05, 0) is 36.2 Å². The molecule has 0 unspecified atom stereocenters. The normalized spacial score (nSPS) is 10.5. The molecule has 0 aliphatic carbocycles. The highest BCUT2D eigenvalue weighted by atomic mass is 32.2. The van der Waals surface area contributed by atoms with Crippen LogP contribution in [0, 0.1) is 0 Å². The molecule has 1 heterocycles. The van der Waals surface area contributed by atoms with Crippen molar-refractivity contribution in [3.05, 3.63) is 60.4 Å². The lowest BCUT2D eigenvalue weighted by Gasteiger charge is -2.11. The number of anilines is 2. The van der Waals surface area contributed by atoms with E-state index >= 15 is 0 Å². The zero-order chi connectivity index (χ0) is 19.9. The molecule has 2 amide bonds. The van der Waals surface area contributed by atoms with E-state index in [2.05, 4.69) is 33.8 Å². The molecule has 144 valence electrons. The summed E-state index contributed by atoms with van der Waals surface area (Å²) in [6.07, 6.45) is 2.55. The van der Waals surface area contributed by atoms with Crippen molar-refractivity contribution < 1.29 is 9.59 Å². The van der Waals surface area contributed by atoms with Crippen LogP contribution in [0.15, 0.2) is 60.0 Å². The molecule has 3 rings (SSSR count). The van der Waals surface area contributed by atoms with E-state index in [1.165, 1.54) is 24.2 Å². The molecule has 0 radical (unpaired) electrons. The minimum atomic E-state index is -0.164. The van der Waals surface area contributed by atoms with Crippen LogP contribution in [-0.2, 0) is 16.0 Å². The zero-order valence-electron chi connectivity index (χ0n) is 15.7. The number of amides is 2. The lowest BCUT2D eigenvalue weighted by Crippen LogP contribution is -2.15. The van der Waals surface area contributed by atoms with E-state index < -0.39 is 0 Å². The summed E-state index contributed by atoms with van der Waals surface area (Å²) < 4.78 is 1.90. The number of carbonyl (C=O) groups excluding carboxylic acids is 2. The molecule has 8 heteroatoms. The van der Waals surface area contributed by atoms with Crippen molar-refractivity contribution in [1.82, 2.24) is 14.8 Å². The van der Waals surface area contributed by atoms with Crippen LogP contribution in [0.3, 0.4) is 0 Å². The minimum absolute atomic E-state index is 0.161. The summed E-state index contributed by atoms with van der Waals surface area (Å²) in [6.45, 7) is 3.53. The van der Waals surface area contributed by atoms with E-state index in [0.29, 0.717) is 16.5 Å². The summed E-state index contributed by atoms with van der Waals surface area (Å²) in [5.74, 6) is -0.133. The average molecular weight is 395 g/mol. The first-order valence-corrected chi connectivity index (χ1v) is 9.84. The maximum atomic E-state index is 12.3. The molecule has 3 aromatic rings. The van der Waals surface area contributed by atoms with Crippen molar-refractivity contribution in [2.45, 2.75) is 25.4 Å². The van der Waals surface area contributed by atoms with Crippen LogP contribution < -0.4 is 10.6 Å². The van der Waals surface area contributed by atoms with Gasteiger partial charge >= 0.3 is 0 Å². The summed E-state index contributed by atoms with van der Waals surface area (Å²) in [4.78, 5) is 23.5. The van der Waals surface area contributed by atoms with Gasteiger partial charge < -0.3 is 10.6 Å². The number of nitrogens with one attached hydrogen (secondary N) is 2. The van der Waals surface area contributed by atoms with E-state index in [4.69, 9.17) is 0 Å². The van der Waals surface area contributed by atoms with Gasteiger partial charge in [-0.1, -0.05) is 43.0 Å². The van der Waals surface area contributed by atoms with Crippen molar-refractivity contribution in [3.8, 4) is 5.69 Å². The summed E-state index contributed by atoms with van der Waals surface area (Å²) in [7, 11) is 0. The molecule has 1 aromatic heterocycles. The number of hydrogen-bond acceptors (Lipinski definition) is 5. The molecule has 0 saturated heterocycles. The summed E-state index contributed by atoms with van der Waals surface area (Å²) in [5, 5.41) is 14.3. The topological polar surface area (TPSA) is 88.9 Å². The van der Waals surface area contributed by atoms with Crippen molar-refractivity contribution >= 4 is 35.0 Å². The molecule has 0 atom stereocenters. The Morgan fingerprint density at radius 2 is 1.82 bits per heavy atom. The Labute approximate surface area is 167 Å². The SMILES string of the molecule is CCc1ccccc1-n1cnnc1SCC(=O)Nc1cccc(NC(C)=O)c1. The lowest BCUT2D eigenvalue weighted by atomic mass is 10.1. The molecule has 0 aliphatic heterocycles. The van der Waals surface area contributed by atoms with E-state index in [9.17, 15) is 9.59 Å². The van der Waals surface area contributed by atoms with Crippen molar-refractivity contribution in [3.63, 3.8) is 0 Å². The number of para-hydroxylation sites is 1. The number of carbonyl (C=O) groups is 2. The molecule has 7 nitrogen and oxygen atoms in total. The first-order chi connectivity index (χ1) is 13.6. The van der Waals surface area contributed by atoms with Gasteiger partial charge in [-0.2, -0.15) is 0 Å². The number of aryl methyl sites for hydroxylation is 1. The summed E-state index contributed by atoms with van der Waals surface area (Å²) in [5.41, 5.74) is 3.45. The fourth-order valence-corrected chi connectivity index (χ4v) is 3.46. The van der Waals surface area contributed by atoms with Gasteiger partial charge in [0.2, 0.25) is 11.8 Å². The number of nitrogens with zero attached hydrogens (tertiary/aromatic N) is 3. The van der Waals surface area contributed by atoms with E-state index in [-0.39, 0.29) is 17.6 Å². The van der Waals surface area contributed by atoms with Gasteiger partial charge in [0.05, 0.1) is 11.4 Å². The molecule has 0 fully saturated rings. The fraction of sp³-hybridized carbons (Fsp3) is 0.200. The highest BCUT2D eigenvalue weighted by Crippen LogP contribution is 2.23. The van der Waals surface area contributed by atoms with Gasteiger partial charge in [0.1, 0.15) is 6.33 Å². The van der Waals surface area contributed by atoms with Crippen LogP contribution in [0.4, 0.5) is 11.4 Å². The number of hydrogen-bond donors (Lipinski definition) is 2. The number of thioether (sulfide) groups is 1. The van der Waals surface area contributed by atoms with Crippen molar-refractivity contribution in [2.75, 3.05) is 16.4 Å². The predicted molar refractivity (Wildman–Crippen MR) is 111 cm³/mol. The molecule has 2 N–H and O–H groups in total. The summed E-state index contributed by atoms with van der Waals surface area (Å²) >= 11 is 1.32. The Balaban J connectivity index is 1.65. The molecule has 2 aromatic carbocycles. The largest absolute Gasteiger partial charge is 0.326 e. The third-order valence-corrected chi connectivity index (χ3v) is 4.89. The Kier molecular flexibility index (Phi) is 6.44. The van der Waals surface area contributed by atoms with Crippen LogP contribution in [0.5, 0.6) is 0 Å². The molecule has 0 bridgehead atoms. The van der Waals surface area contributed by atoms with Gasteiger partial charge in [0, 0.05) is 18.3 Å². The number of benzene rings is 2. The molecule has 0 saturated carbocycles. The fourth-order valence-electron chi connectivity index (χ4n) is 2.74.